The second kappa shape index (κ2) is 6.52. The van der Waals surface area contributed by atoms with E-state index in [1.54, 1.807) is 13.3 Å². The van der Waals surface area contributed by atoms with Crippen LogP contribution in [-0.2, 0) is 11.3 Å². The van der Waals surface area contributed by atoms with Gasteiger partial charge in [0.25, 0.3) is 0 Å². The third kappa shape index (κ3) is 2.95. The zero-order valence-electron chi connectivity index (χ0n) is 11.9. The number of methoxy groups -OCH3 is 1. The molecule has 20 heavy (non-hydrogen) atoms. The van der Waals surface area contributed by atoms with Crippen LogP contribution >= 0.6 is 15.9 Å². The number of ether oxygens (including phenoxy) is 1. The summed E-state index contributed by atoms with van der Waals surface area (Å²) in [5.74, 6) is 0. The van der Waals surface area contributed by atoms with Gasteiger partial charge in [0.15, 0.2) is 0 Å². The first-order chi connectivity index (χ1) is 9.56. The molecule has 4 nitrogen and oxygen atoms in total. The molecule has 5 heteroatoms. The van der Waals surface area contributed by atoms with Gasteiger partial charge in [-0.25, -0.2) is 0 Å². The summed E-state index contributed by atoms with van der Waals surface area (Å²) in [4.78, 5) is 0. The minimum Gasteiger partial charge on any atom is -0.382 e. The molecule has 1 aromatic carbocycles. The van der Waals surface area contributed by atoms with Crippen molar-refractivity contribution >= 4 is 15.9 Å². The number of aliphatic hydroxyl groups excluding tert-OH is 1. The third-order valence-electron chi connectivity index (χ3n) is 3.18. The van der Waals surface area contributed by atoms with Crippen LogP contribution < -0.4 is 0 Å². The van der Waals surface area contributed by atoms with E-state index in [2.05, 4.69) is 21.0 Å². The summed E-state index contributed by atoms with van der Waals surface area (Å²) in [6.07, 6.45) is 0.984. The average Bonchev–Trinajstić information content (AvgIpc) is 2.81. The lowest BCUT2D eigenvalue weighted by molar-refractivity contribution is 0.173. The highest BCUT2D eigenvalue weighted by atomic mass is 79.9. The fourth-order valence-electron chi connectivity index (χ4n) is 2.25. The predicted molar refractivity (Wildman–Crippen MR) is 81.5 cm³/mol. The van der Waals surface area contributed by atoms with E-state index in [9.17, 15) is 5.11 Å². The smallest absolute Gasteiger partial charge is 0.122 e. The van der Waals surface area contributed by atoms with E-state index in [1.807, 2.05) is 42.8 Å². The molecule has 0 aliphatic rings. The van der Waals surface area contributed by atoms with Crippen LogP contribution in [0, 0.1) is 0 Å². The van der Waals surface area contributed by atoms with Gasteiger partial charge in [0.05, 0.1) is 23.0 Å². The zero-order chi connectivity index (χ0) is 14.7. The highest BCUT2D eigenvalue weighted by molar-refractivity contribution is 9.10. The monoisotopic (exact) mass is 338 g/mol. The van der Waals surface area contributed by atoms with Crippen LogP contribution in [0.1, 0.15) is 42.8 Å². The lowest BCUT2D eigenvalue weighted by atomic mass is 10.0. The number of hydrogen-bond acceptors (Lipinski definition) is 3. The summed E-state index contributed by atoms with van der Waals surface area (Å²) < 4.78 is 7.84. The number of aliphatic hydroxyl groups is 1. The van der Waals surface area contributed by atoms with Crippen molar-refractivity contribution in [3.63, 3.8) is 0 Å². The van der Waals surface area contributed by atoms with Gasteiger partial charge in [-0.05, 0) is 40.9 Å². The topological polar surface area (TPSA) is 47.3 Å². The van der Waals surface area contributed by atoms with Gasteiger partial charge in [-0.2, -0.15) is 5.10 Å². The summed E-state index contributed by atoms with van der Waals surface area (Å²) in [5.41, 5.74) is 2.59. The Hall–Kier alpha value is -1.17. The van der Waals surface area contributed by atoms with E-state index in [0.29, 0.717) is 6.61 Å². The minimum absolute atomic E-state index is 0.181. The maximum absolute atomic E-state index is 10.8. The van der Waals surface area contributed by atoms with Crippen LogP contribution in [0.25, 0.3) is 0 Å². The van der Waals surface area contributed by atoms with Gasteiger partial charge >= 0.3 is 0 Å². The average molecular weight is 339 g/mol. The van der Waals surface area contributed by atoms with Crippen LogP contribution in [0.3, 0.4) is 0 Å². The highest BCUT2D eigenvalue weighted by Gasteiger charge is 2.22. The fraction of sp³-hybridized carbons (Fsp3) is 0.400. The Balaban J connectivity index is 2.46. The molecule has 2 rings (SSSR count). The molecule has 1 atom stereocenters. The molecule has 0 aliphatic heterocycles. The molecule has 1 heterocycles. The first-order valence-electron chi connectivity index (χ1n) is 6.54. The first kappa shape index (κ1) is 15.2. The summed E-state index contributed by atoms with van der Waals surface area (Å²) in [5, 5.41) is 15.1. The van der Waals surface area contributed by atoms with Crippen LogP contribution in [-0.4, -0.2) is 22.0 Å². The second-order valence-electron chi connectivity index (χ2n) is 4.95. The normalized spacial score (nSPS) is 12.9. The summed E-state index contributed by atoms with van der Waals surface area (Å²) in [7, 11) is 1.65. The van der Waals surface area contributed by atoms with Gasteiger partial charge in [0.2, 0.25) is 0 Å². The molecular formula is C15H19BrN2O2. The van der Waals surface area contributed by atoms with Crippen molar-refractivity contribution in [1.29, 1.82) is 0 Å². The Bertz CT molecular complexity index is 581. The number of rotatable bonds is 5. The standard InChI is InChI=1S/C15H19BrN2O2/c1-10(2)18-14(13(16)8-17-18)15(19)12-7-5-4-6-11(12)9-20-3/h4-8,10,15,19H,9H2,1-3H3. The fourth-order valence-corrected chi connectivity index (χ4v) is 2.74. The molecular weight excluding hydrogens is 320 g/mol. The van der Waals surface area contributed by atoms with Crippen LogP contribution in [0.2, 0.25) is 0 Å². The van der Waals surface area contributed by atoms with E-state index in [1.165, 1.54) is 0 Å². The Kier molecular flexibility index (Phi) is 4.96. The summed E-state index contributed by atoms with van der Waals surface area (Å²) in [6.45, 7) is 4.55. The van der Waals surface area contributed by atoms with E-state index < -0.39 is 6.10 Å². The van der Waals surface area contributed by atoms with Crippen molar-refractivity contribution in [2.75, 3.05) is 7.11 Å². The van der Waals surface area contributed by atoms with Crippen molar-refractivity contribution in [3.05, 3.63) is 51.8 Å². The van der Waals surface area contributed by atoms with Gasteiger partial charge in [-0.3, -0.25) is 4.68 Å². The van der Waals surface area contributed by atoms with E-state index in [4.69, 9.17) is 4.74 Å². The number of aromatic nitrogens is 2. The molecule has 0 fully saturated rings. The zero-order valence-corrected chi connectivity index (χ0v) is 13.5. The van der Waals surface area contributed by atoms with Gasteiger partial charge in [0, 0.05) is 13.2 Å². The number of hydrogen-bond donors (Lipinski definition) is 1. The summed E-state index contributed by atoms with van der Waals surface area (Å²) >= 11 is 3.47. The lowest BCUT2D eigenvalue weighted by Gasteiger charge is -2.19. The Morgan fingerprint density at radius 3 is 2.70 bits per heavy atom. The van der Waals surface area contributed by atoms with Crippen LogP contribution in [0.5, 0.6) is 0 Å². The predicted octanol–water partition coefficient (Wildman–Crippen LogP) is 3.45. The Labute approximate surface area is 127 Å². The molecule has 0 spiro atoms. The third-order valence-corrected chi connectivity index (χ3v) is 3.80. The molecule has 0 radical (unpaired) electrons. The van der Waals surface area contributed by atoms with E-state index in [0.717, 1.165) is 21.3 Å². The molecule has 1 unspecified atom stereocenters. The molecule has 0 aliphatic carbocycles. The van der Waals surface area contributed by atoms with Crippen molar-refractivity contribution in [1.82, 2.24) is 9.78 Å². The second-order valence-corrected chi connectivity index (χ2v) is 5.80. The molecule has 0 bridgehead atoms. The molecule has 1 aromatic heterocycles. The van der Waals surface area contributed by atoms with Crippen molar-refractivity contribution in [2.45, 2.75) is 32.6 Å². The highest BCUT2D eigenvalue weighted by Crippen LogP contribution is 2.32. The van der Waals surface area contributed by atoms with Crippen molar-refractivity contribution in [3.8, 4) is 0 Å². The maximum atomic E-state index is 10.8. The quantitative estimate of drug-likeness (QED) is 0.908. The van der Waals surface area contributed by atoms with Gasteiger partial charge in [-0.15, -0.1) is 0 Å². The lowest BCUT2D eigenvalue weighted by Crippen LogP contribution is -2.14. The van der Waals surface area contributed by atoms with Crippen LogP contribution in [0.15, 0.2) is 34.9 Å². The Morgan fingerprint density at radius 1 is 1.35 bits per heavy atom. The maximum Gasteiger partial charge on any atom is 0.122 e. The largest absolute Gasteiger partial charge is 0.382 e. The van der Waals surface area contributed by atoms with E-state index >= 15 is 0 Å². The molecule has 0 saturated heterocycles. The van der Waals surface area contributed by atoms with Crippen molar-refractivity contribution in [2.24, 2.45) is 0 Å². The molecule has 108 valence electrons. The molecule has 0 amide bonds. The SMILES string of the molecule is COCc1ccccc1C(O)c1c(Br)cnn1C(C)C. The van der Waals surface area contributed by atoms with Gasteiger partial charge in [-0.1, -0.05) is 24.3 Å². The van der Waals surface area contributed by atoms with E-state index in [-0.39, 0.29) is 6.04 Å². The molecule has 1 N–H and O–H groups in total. The van der Waals surface area contributed by atoms with Crippen LogP contribution in [0.4, 0.5) is 0 Å². The molecule has 2 aromatic rings. The summed E-state index contributed by atoms with van der Waals surface area (Å²) in [6, 6.07) is 7.93. The first-order valence-corrected chi connectivity index (χ1v) is 7.33. The Morgan fingerprint density at radius 2 is 2.05 bits per heavy atom. The van der Waals surface area contributed by atoms with Gasteiger partial charge in [0.1, 0.15) is 6.10 Å². The minimum atomic E-state index is -0.736. The molecule has 0 saturated carbocycles. The van der Waals surface area contributed by atoms with Crippen molar-refractivity contribution < 1.29 is 9.84 Å². The number of halogens is 1. The number of benzene rings is 1. The van der Waals surface area contributed by atoms with Gasteiger partial charge < -0.3 is 9.84 Å². The number of nitrogens with zero attached hydrogens (tertiary/aromatic N) is 2.